The van der Waals surface area contributed by atoms with Crippen LogP contribution in [-0.4, -0.2) is 89.2 Å². The van der Waals surface area contributed by atoms with E-state index < -0.39 is 86.6 Å². The molecule has 5 rings (SSSR count). The van der Waals surface area contributed by atoms with Crippen LogP contribution in [0.2, 0.25) is 0 Å². The summed E-state index contributed by atoms with van der Waals surface area (Å²) in [5.41, 5.74) is -1.64. The number of Topliss-reactive ketones (excluding diaryl/α,β-unsaturated/α-hetero) is 2. The SMILES string of the molecule is CN(C)[C@@H]1C(O)=C(C(N)=O)C(=O)[C@@]2(O)C(O)=C3C(=O)c4c(ccc(NC(=O)n5ccnc5)c4O)[C@@](C)(O)[C@H]3C[C@@H]12. The van der Waals surface area contributed by atoms with Gasteiger partial charge in [0.15, 0.2) is 17.1 Å². The van der Waals surface area contributed by atoms with Crippen molar-refractivity contribution in [3.63, 3.8) is 0 Å². The number of primary amides is 1. The number of aliphatic hydroxyl groups is 4. The first-order valence-electron chi connectivity index (χ1n) is 12.2. The van der Waals surface area contributed by atoms with Crippen LogP contribution in [-0.2, 0) is 15.2 Å². The molecular formula is C26H27N5O9. The minimum Gasteiger partial charge on any atom is -0.510 e. The summed E-state index contributed by atoms with van der Waals surface area (Å²) in [7, 11) is 3.01. The van der Waals surface area contributed by atoms with E-state index in [1.807, 2.05) is 0 Å². The van der Waals surface area contributed by atoms with Gasteiger partial charge in [-0.05, 0) is 39.1 Å². The molecule has 210 valence electrons. The number of aliphatic hydroxyl groups excluding tert-OH is 2. The van der Waals surface area contributed by atoms with Crippen molar-refractivity contribution in [2.24, 2.45) is 17.6 Å². The van der Waals surface area contributed by atoms with E-state index in [4.69, 9.17) is 5.73 Å². The second-order valence-electron chi connectivity index (χ2n) is 10.5. The number of carbonyl (C=O) groups excluding carboxylic acids is 4. The van der Waals surface area contributed by atoms with Gasteiger partial charge in [0.1, 0.15) is 23.4 Å². The number of hydrogen-bond donors (Lipinski definition) is 7. The first kappa shape index (κ1) is 27.1. The molecule has 8 N–H and O–H groups in total. The third-order valence-electron chi connectivity index (χ3n) is 8.14. The second kappa shape index (κ2) is 8.74. The van der Waals surface area contributed by atoms with Crippen molar-refractivity contribution in [3.8, 4) is 5.75 Å². The zero-order chi connectivity index (χ0) is 29.5. The van der Waals surface area contributed by atoms with Gasteiger partial charge in [-0.15, -0.1) is 0 Å². The van der Waals surface area contributed by atoms with Gasteiger partial charge in [0, 0.05) is 29.8 Å². The van der Waals surface area contributed by atoms with Crippen molar-refractivity contribution in [3.05, 3.63) is 64.6 Å². The molecule has 40 heavy (non-hydrogen) atoms. The molecule has 0 bridgehead atoms. The minimum absolute atomic E-state index is 0.0243. The molecule has 2 amide bonds. The Morgan fingerprint density at radius 1 is 1.18 bits per heavy atom. The van der Waals surface area contributed by atoms with Gasteiger partial charge in [0.25, 0.3) is 5.91 Å². The molecule has 0 radical (unpaired) electrons. The van der Waals surface area contributed by atoms with Crippen molar-refractivity contribution >= 4 is 29.2 Å². The number of rotatable bonds is 3. The maximum Gasteiger partial charge on any atom is 0.331 e. The highest BCUT2D eigenvalue weighted by Gasteiger charge is 2.65. The van der Waals surface area contributed by atoms with Gasteiger partial charge in [-0.1, -0.05) is 6.07 Å². The van der Waals surface area contributed by atoms with Gasteiger partial charge in [0.05, 0.1) is 22.9 Å². The zero-order valence-electron chi connectivity index (χ0n) is 21.6. The van der Waals surface area contributed by atoms with Crippen molar-refractivity contribution in [2.45, 2.75) is 30.6 Å². The third kappa shape index (κ3) is 3.43. The molecule has 3 aliphatic rings. The summed E-state index contributed by atoms with van der Waals surface area (Å²) in [6.07, 6.45) is 3.62. The zero-order valence-corrected chi connectivity index (χ0v) is 21.6. The maximum absolute atomic E-state index is 13.9. The van der Waals surface area contributed by atoms with Crippen LogP contribution < -0.4 is 11.1 Å². The molecule has 14 nitrogen and oxygen atoms in total. The van der Waals surface area contributed by atoms with Gasteiger partial charge >= 0.3 is 6.03 Å². The number of nitrogens with one attached hydrogen (secondary N) is 1. The van der Waals surface area contributed by atoms with E-state index in [0.29, 0.717) is 0 Å². The Labute approximate surface area is 226 Å². The Balaban J connectivity index is 1.70. The summed E-state index contributed by atoms with van der Waals surface area (Å²) in [6, 6.07) is 0.711. The van der Waals surface area contributed by atoms with Crippen LogP contribution in [0.1, 0.15) is 29.3 Å². The number of ketones is 2. The van der Waals surface area contributed by atoms with E-state index in [9.17, 15) is 44.7 Å². The predicted molar refractivity (Wildman–Crippen MR) is 136 cm³/mol. The van der Waals surface area contributed by atoms with Gasteiger partial charge in [0.2, 0.25) is 5.78 Å². The Hall–Kier alpha value is -4.53. The van der Waals surface area contributed by atoms with Crippen molar-refractivity contribution < 1.29 is 44.7 Å². The molecule has 2 aromatic rings. The molecule has 0 saturated carbocycles. The number of phenols is 1. The topological polar surface area (TPSA) is 229 Å². The largest absolute Gasteiger partial charge is 0.510 e. The molecule has 0 fully saturated rings. The third-order valence-corrected chi connectivity index (χ3v) is 8.14. The number of carbonyl (C=O) groups is 4. The van der Waals surface area contributed by atoms with E-state index in [2.05, 4.69) is 10.3 Å². The quantitative estimate of drug-likeness (QED) is 0.198. The van der Waals surface area contributed by atoms with Crippen molar-refractivity contribution in [2.75, 3.05) is 19.4 Å². The van der Waals surface area contributed by atoms with E-state index in [1.54, 1.807) is 0 Å². The van der Waals surface area contributed by atoms with Gasteiger partial charge < -0.3 is 36.6 Å². The second-order valence-corrected chi connectivity index (χ2v) is 10.5. The van der Waals surface area contributed by atoms with E-state index >= 15 is 0 Å². The minimum atomic E-state index is -2.86. The van der Waals surface area contributed by atoms with Crippen LogP contribution in [0.25, 0.3) is 0 Å². The van der Waals surface area contributed by atoms with Gasteiger partial charge in [-0.25, -0.2) is 9.78 Å². The standard InChI is InChI=1S/C26H27N5O9/c1-25(39)10-4-5-13(29-24(38)31-7-6-28-9-31)18(32)14(10)19(33)15-11(25)8-12-17(30(2)3)20(34)16(23(27)37)22(36)26(12,40)21(15)35/h4-7,9,11-12,17,32,34-35,39-40H,8H2,1-3H3,(H2,27,37)(H,29,38)/t11-,12-,17-,25+,26-/m0/s1. The fourth-order valence-electron chi connectivity index (χ4n) is 6.21. The number of nitrogens with two attached hydrogens (primary N) is 1. The Morgan fingerprint density at radius 3 is 2.42 bits per heavy atom. The van der Waals surface area contributed by atoms with E-state index in [-0.39, 0.29) is 17.7 Å². The lowest BCUT2D eigenvalue weighted by Crippen LogP contribution is -2.65. The lowest BCUT2D eigenvalue weighted by molar-refractivity contribution is -0.151. The molecule has 1 aromatic heterocycles. The molecule has 0 spiro atoms. The number of imidazole rings is 1. The smallest absolute Gasteiger partial charge is 0.331 e. The van der Waals surface area contributed by atoms with Crippen LogP contribution >= 0.6 is 0 Å². The summed E-state index contributed by atoms with van der Waals surface area (Å²) < 4.78 is 1.08. The number of likely N-dealkylation sites (N-methyl/N-ethyl adjacent to an activating group) is 1. The molecule has 0 aliphatic heterocycles. The number of nitrogens with zero attached hydrogens (tertiary/aromatic N) is 3. The molecule has 3 aliphatic carbocycles. The van der Waals surface area contributed by atoms with Crippen LogP contribution in [0, 0.1) is 11.8 Å². The van der Waals surface area contributed by atoms with Crippen LogP contribution in [0.15, 0.2) is 53.5 Å². The Bertz CT molecular complexity index is 1560. The molecule has 0 saturated heterocycles. The van der Waals surface area contributed by atoms with Gasteiger partial charge in [-0.2, -0.15) is 0 Å². The monoisotopic (exact) mass is 553 g/mol. The highest BCUT2D eigenvalue weighted by molar-refractivity contribution is 6.25. The summed E-state index contributed by atoms with van der Waals surface area (Å²) in [6.45, 7) is 1.34. The number of aromatic hydroxyl groups is 1. The maximum atomic E-state index is 13.9. The predicted octanol–water partition coefficient (Wildman–Crippen LogP) is 0.0623. The first-order chi connectivity index (χ1) is 18.6. The van der Waals surface area contributed by atoms with Crippen molar-refractivity contribution in [1.29, 1.82) is 0 Å². The number of benzene rings is 1. The number of phenolic OH excluding ortho intramolecular Hbond substituents is 1. The molecule has 0 unspecified atom stereocenters. The number of anilines is 1. The lowest BCUT2D eigenvalue weighted by atomic mass is 9.55. The number of amides is 2. The highest BCUT2D eigenvalue weighted by Crippen LogP contribution is 2.57. The normalized spacial score (nSPS) is 29.7. The first-order valence-corrected chi connectivity index (χ1v) is 12.2. The molecule has 1 aromatic carbocycles. The van der Waals surface area contributed by atoms with E-state index in [1.165, 1.54) is 56.8 Å². The molecular weight excluding hydrogens is 526 g/mol. The molecule has 1 heterocycles. The van der Waals surface area contributed by atoms with Crippen LogP contribution in [0.5, 0.6) is 5.75 Å². The summed E-state index contributed by atoms with van der Waals surface area (Å²) in [5.74, 6) is -8.82. The Morgan fingerprint density at radius 2 is 1.85 bits per heavy atom. The van der Waals surface area contributed by atoms with Crippen molar-refractivity contribution in [1.82, 2.24) is 14.5 Å². The summed E-state index contributed by atoms with van der Waals surface area (Å²) in [5, 5.41) is 59.2. The average molecular weight is 554 g/mol. The number of hydrogen-bond acceptors (Lipinski definition) is 11. The molecule has 5 atom stereocenters. The summed E-state index contributed by atoms with van der Waals surface area (Å²) >= 11 is 0. The fourth-order valence-corrected chi connectivity index (χ4v) is 6.21. The molecule has 14 heteroatoms. The fraction of sp³-hybridized carbons (Fsp3) is 0.346. The number of fused-ring (bicyclic) bond motifs is 3. The van der Waals surface area contributed by atoms with Crippen LogP contribution in [0.3, 0.4) is 0 Å². The van der Waals surface area contributed by atoms with E-state index in [0.717, 1.165) is 4.57 Å². The summed E-state index contributed by atoms with van der Waals surface area (Å²) in [4.78, 5) is 57.0. The average Bonchev–Trinajstić information content (AvgIpc) is 3.41. The highest BCUT2D eigenvalue weighted by atomic mass is 16.3. The number of aromatic nitrogens is 2. The Kier molecular flexibility index (Phi) is 5.91. The lowest BCUT2D eigenvalue weighted by Gasteiger charge is -2.52. The van der Waals surface area contributed by atoms with Gasteiger partial charge in [-0.3, -0.25) is 23.9 Å². The van der Waals surface area contributed by atoms with Crippen LogP contribution in [0.4, 0.5) is 10.5 Å².